The van der Waals surface area contributed by atoms with Crippen molar-refractivity contribution in [2.75, 3.05) is 36.4 Å². The van der Waals surface area contributed by atoms with Gasteiger partial charge in [0.25, 0.3) is 5.91 Å². The third kappa shape index (κ3) is 4.96. The zero-order valence-corrected chi connectivity index (χ0v) is 16.3. The van der Waals surface area contributed by atoms with E-state index in [0.29, 0.717) is 11.5 Å². The zero-order valence-electron chi connectivity index (χ0n) is 16.3. The van der Waals surface area contributed by atoms with Crippen LogP contribution in [0.15, 0.2) is 36.7 Å². The Labute approximate surface area is 161 Å². The minimum atomic E-state index is 0.0343. The molecule has 1 N–H and O–H groups in total. The Balaban J connectivity index is 1.62. The van der Waals surface area contributed by atoms with Gasteiger partial charge in [0.15, 0.2) is 0 Å². The van der Waals surface area contributed by atoms with Crippen molar-refractivity contribution in [2.45, 2.75) is 39.5 Å². The van der Waals surface area contributed by atoms with Gasteiger partial charge in [0.2, 0.25) is 5.95 Å². The summed E-state index contributed by atoms with van der Waals surface area (Å²) < 4.78 is 0. The first kappa shape index (κ1) is 19.1. The normalized spacial score (nSPS) is 14.5. The van der Waals surface area contributed by atoms with Gasteiger partial charge in [0, 0.05) is 49.9 Å². The largest absolute Gasteiger partial charge is 0.372 e. The molecule has 0 atom stereocenters. The highest BCUT2D eigenvalue weighted by atomic mass is 16.2. The fraction of sp³-hybridized carbons (Fsp3) is 0.476. The first-order valence-corrected chi connectivity index (χ1v) is 9.94. The highest BCUT2D eigenvalue weighted by Crippen LogP contribution is 2.20. The molecule has 1 saturated heterocycles. The summed E-state index contributed by atoms with van der Waals surface area (Å²) in [5.74, 6) is 0.532. The molecule has 1 aromatic carbocycles. The Morgan fingerprint density at radius 2 is 1.59 bits per heavy atom. The van der Waals surface area contributed by atoms with E-state index in [0.717, 1.165) is 44.7 Å². The fourth-order valence-electron chi connectivity index (χ4n) is 3.43. The molecule has 0 radical (unpaired) electrons. The lowest BCUT2D eigenvalue weighted by Crippen LogP contribution is -2.32. The summed E-state index contributed by atoms with van der Waals surface area (Å²) >= 11 is 0. The SMILES string of the molecule is CCN(CC)c1ccc(Nc2ncc(C(=O)N3CCCCCC3)cn2)cc1. The van der Waals surface area contributed by atoms with Gasteiger partial charge in [0.05, 0.1) is 5.56 Å². The molecule has 0 aliphatic carbocycles. The lowest BCUT2D eigenvalue weighted by atomic mass is 10.2. The van der Waals surface area contributed by atoms with Gasteiger partial charge < -0.3 is 15.1 Å². The maximum atomic E-state index is 12.6. The Bertz CT molecular complexity index is 717. The standard InChI is InChI=1S/C21H29N5O/c1-3-25(4-2)19-11-9-18(10-12-19)24-21-22-15-17(16-23-21)20(27)26-13-7-5-6-8-14-26/h9-12,15-16H,3-8,13-14H2,1-2H3,(H,22,23,24). The number of anilines is 3. The molecule has 2 heterocycles. The van der Waals surface area contributed by atoms with E-state index in [4.69, 9.17) is 0 Å². The second-order valence-electron chi connectivity index (χ2n) is 6.85. The number of hydrogen-bond acceptors (Lipinski definition) is 5. The van der Waals surface area contributed by atoms with Crippen LogP contribution in [0.5, 0.6) is 0 Å². The third-order valence-electron chi connectivity index (χ3n) is 5.04. The van der Waals surface area contributed by atoms with Crippen LogP contribution in [0.1, 0.15) is 49.9 Å². The summed E-state index contributed by atoms with van der Waals surface area (Å²) in [6, 6.07) is 8.22. The van der Waals surface area contributed by atoms with Crippen LogP contribution in [0, 0.1) is 0 Å². The van der Waals surface area contributed by atoms with Crippen molar-refractivity contribution in [2.24, 2.45) is 0 Å². The van der Waals surface area contributed by atoms with Crippen molar-refractivity contribution < 1.29 is 4.79 Å². The maximum Gasteiger partial charge on any atom is 0.256 e. The number of carbonyl (C=O) groups is 1. The zero-order chi connectivity index (χ0) is 19.1. The summed E-state index contributed by atoms with van der Waals surface area (Å²) in [6.45, 7) is 7.93. The number of rotatable bonds is 6. The molecule has 0 bridgehead atoms. The van der Waals surface area contributed by atoms with Gasteiger partial charge in [-0.3, -0.25) is 4.79 Å². The molecule has 144 valence electrons. The van der Waals surface area contributed by atoms with Crippen LogP contribution >= 0.6 is 0 Å². The smallest absolute Gasteiger partial charge is 0.256 e. The van der Waals surface area contributed by atoms with Gasteiger partial charge in [-0.25, -0.2) is 9.97 Å². The molecule has 27 heavy (non-hydrogen) atoms. The molecule has 6 nitrogen and oxygen atoms in total. The minimum Gasteiger partial charge on any atom is -0.372 e. The van der Waals surface area contributed by atoms with E-state index in [1.54, 1.807) is 12.4 Å². The van der Waals surface area contributed by atoms with Crippen molar-refractivity contribution in [1.29, 1.82) is 0 Å². The average Bonchev–Trinajstić information content (AvgIpc) is 3.00. The molecule has 3 rings (SSSR count). The number of amides is 1. The van der Waals surface area contributed by atoms with Crippen molar-refractivity contribution in [1.82, 2.24) is 14.9 Å². The van der Waals surface area contributed by atoms with E-state index >= 15 is 0 Å². The number of benzene rings is 1. The van der Waals surface area contributed by atoms with Gasteiger partial charge in [-0.05, 0) is 51.0 Å². The van der Waals surface area contributed by atoms with Crippen LogP contribution in [0.3, 0.4) is 0 Å². The summed E-state index contributed by atoms with van der Waals surface area (Å²) in [5, 5.41) is 3.20. The summed E-state index contributed by atoms with van der Waals surface area (Å²) in [7, 11) is 0. The first-order valence-electron chi connectivity index (χ1n) is 9.94. The van der Waals surface area contributed by atoms with Gasteiger partial charge in [0.1, 0.15) is 0 Å². The predicted molar refractivity (Wildman–Crippen MR) is 110 cm³/mol. The van der Waals surface area contributed by atoms with Crippen LogP contribution in [-0.2, 0) is 0 Å². The molecular formula is C21H29N5O. The monoisotopic (exact) mass is 367 g/mol. The number of carbonyl (C=O) groups excluding carboxylic acids is 1. The number of nitrogens with zero attached hydrogens (tertiary/aromatic N) is 4. The Morgan fingerprint density at radius 3 is 2.15 bits per heavy atom. The Hall–Kier alpha value is -2.63. The highest BCUT2D eigenvalue weighted by molar-refractivity contribution is 5.93. The van der Waals surface area contributed by atoms with E-state index in [2.05, 4.69) is 46.2 Å². The van der Waals surface area contributed by atoms with Gasteiger partial charge in [-0.15, -0.1) is 0 Å². The molecule has 6 heteroatoms. The molecule has 0 unspecified atom stereocenters. The molecule has 1 fully saturated rings. The average molecular weight is 367 g/mol. The summed E-state index contributed by atoms with van der Waals surface area (Å²) in [4.78, 5) is 25.5. The molecule has 1 amide bonds. The molecular weight excluding hydrogens is 338 g/mol. The highest BCUT2D eigenvalue weighted by Gasteiger charge is 2.18. The van der Waals surface area contributed by atoms with E-state index in [1.165, 1.54) is 18.5 Å². The Kier molecular flexibility index (Phi) is 6.63. The van der Waals surface area contributed by atoms with Crippen molar-refractivity contribution in [3.05, 3.63) is 42.2 Å². The second-order valence-corrected chi connectivity index (χ2v) is 6.85. The third-order valence-corrected chi connectivity index (χ3v) is 5.04. The van der Waals surface area contributed by atoms with E-state index < -0.39 is 0 Å². The topological polar surface area (TPSA) is 61.4 Å². The lowest BCUT2D eigenvalue weighted by molar-refractivity contribution is 0.0761. The molecule has 1 aliphatic heterocycles. The Morgan fingerprint density at radius 1 is 1.00 bits per heavy atom. The molecule has 2 aromatic rings. The molecule has 0 spiro atoms. The van der Waals surface area contributed by atoms with Crippen LogP contribution in [0.2, 0.25) is 0 Å². The number of likely N-dealkylation sites (tertiary alicyclic amines) is 1. The van der Waals surface area contributed by atoms with Gasteiger partial charge in [-0.2, -0.15) is 0 Å². The molecule has 1 aliphatic rings. The minimum absolute atomic E-state index is 0.0343. The van der Waals surface area contributed by atoms with Crippen LogP contribution < -0.4 is 10.2 Å². The first-order chi connectivity index (χ1) is 13.2. The second kappa shape index (κ2) is 9.35. The van der Waals surface area contributed by atoms with E-state index in [1.807, 2.05) is 17.0 Å². The van der Waals surface area contributed by atoms with E-state index in [-0.39, 0.29) is 5.91 Å². The van der Waals surface area contributed by atoms with Crippen molar-refractivity contribution >= 4 is 23.2 Å². The summed E-state index contributed by atoms with van der Waals surface area (Å²) in [5.41, 5.74) is 2.68. The number of aromatic nitrogens is 2. The summed E-state index contributed by atoms with van der Waals surface area (Å²) in [6.07, 6.45) is 7.80. The van der Waals surface area contributed by atoms with Gasteiger partial charge >= 0.3 is 0 Å². The van der Waals surface area contributed by atoms with Crippen LogP contribution in [0.4, 0.5) is 17.3 Å². The molecule has 1 aromatic heterocycles. The quantitative estimate of drug-likeness (QED) is 0.833. The lowest BCUT2D eigenvalue weighted by Gasteiger charge is -2.21. The maximum absolute atomic E-state index is 12.6. The fourth-order valence-corrected chi connectivity index (χ4v) is 3.43. The number of nitrogens with one attached hydrogen (secondary N) is 1. The van der Waals surface area contributed by atoms with Crippen molar-refractivity contribution in [3.63, 3.8) is 0 Å². The predicted octanol–water partition coefficient (Wildman–Crippen LogP) is 4.08. The van der Waals surface area contributed by atoms with Crippen molar-refractivity contribution in [3.8, 4) is 0 Å². The van der Waals surface area contributed by atoms with E-state index in [9.17, 15) is 4.79 Å². The van der Waals surface area contributed by atoms with Crippen LogP contribution in [-0.4, -0.2) is 47.0 Å². The molecule has 0 saturated carbocycles. The van der Waals surface area contributed by atoms with Crippen LogP contribution in [0.25, 0.3) is 0 Å². The number of hydrogen-bond donors (Lipinski definition) is 1. The van der Waals surface area contributed by atoms with Gasteiger partial charge in [-0.1, -0.05) is 12.8 Å².